The first-order valence-corrected chi connectivity index (χ1v) is 7.25. The van der Waals surface area contributed by atoms with Gasteiger partial charge in [0.2, 0.25) is 0 Å². The van der Waals surface area contributed by atoms with Crippen LogP contribution in [0.3, 0.4) is 0 Å². The van der Waals surface area contributed by atoms with Gasteiger partial charge < -0.3 is 15.2 Å². The average Bonchev–Trinajstić information content (AvgIpc) is 2.46. The maximum absolute atomic E-state index is 9.90. The Balaban J connectivity index is 2.33. The number of hydrogen-bond donors (Lipinski definition) is 2. The Morgan fingerprint density at radius 2 is 1.84 bits per heavy atom. The molecule has 0 aliphatic carbocycles. The lowest BCUT2D eigenvalue weighted by Gasteiger charge is -2.20. The predicted octanol–water partition coefficient (Wildman–Crippen LogP) is 2.90. The molecular weight excluding hydrogens is 238 g/mol. The lowest BCUT2D eigenvalue weighted by molar-refractivity contribution is -0.0120. The minimum Gasteiger partial charge on any atom is -0.389 e. The van der Waals surface area contributed by atoms with Crippen molar-refractivity contribution in [3.05, 3.63) is 35.9 Å². The van der Waals surface area contributed by atoms with Gasteiger partial charge in [-0.2, -0.15) is 0 Å². The van der Waals surface area contributed by atoms with Crippen LogP contribution in [0.15, 0.2) is 30.3 Å². The fourth-order valence-corrected chi connectivity index (χ4v) is 1.89. The van der Waals surface area contributed by atoms with E-state index in [0.29, 0.717) is 19.2 Å². The quantitative estimate of drug-likeness (QED) is 0.721. The smallest absolute Gasteiger partial charge is 0.0898 e. The van der Waals surface area contributed by atoms with Gasteiger partial charge in [-0.25, -0.2) is 0 Å². The van der Waals surface area contributed by atoms with Gasteiger partial charge in [0.05, 0.1) is 18.8 Å². The zero-order chi connectivity index (χ0) is 14.1. The van der Waals surface area contributed by atoms with Gasteiger partial charge in [-0.1, -0.05) is 44.2 Å². The molecule has 19 heavy (non-hydrogen) atoms. The first kappa shape index (κ1) is 16.2. The van der Waals surface area contributed by atoms with E-state index in [-0.39, 0.29) is 6.10 Å². The molecule has 0 fully saturated rings. The van der Waals surface area contributed by atoms with Crippen molar-refractivity contribution in [2.24, 2.45) is 0 Å². The van der Waals surface area contributed by atoms with Crippen LogP contribution in [-0.4, -0.2) is 30.4 Å². The van der Waals surface area contributed by atoms with E-state index in [1.165, 1.54) is 5.56 Å². The van der Waals surface area contributed by atoms with Crippen molar-refractivity contribution < 1.29 is 9.84 Å². The van der Waals surface area contributed by atoms with Crippen LogP contribution < -0.4 is 5.32 Å². The Morgan fingerprint density at radius 1 is 1.16 bits per heavy atom. The monoisotopic (exact) mass is 265 g/mol. The lowest BCUT2D eigenvalue weighted by atomic mass is 10.1. The van der Waals surface area contributed by atoms with Crippen molar-refractivity contribution in [3.8, 4) is 0 Å². The number of ether oxygens (including phenoxy) is 1. The molecule has 0 aliphatic rings. The van der Waals surface area contributed by atoms with E-state index in [4.69, 9.17) is 4.74 Å². The standard InChI is InChI=1S/C16H27NO2/c1-4-13(3)17-11-15(18)12-19-16(5-2)14-9-7-6-8-10-14/h6-10,13,15-18H,4-5,11-12H2,1-3H3/t13-,15+,16-/m0/s1. The molecular formula is C16H27NO2. The number of nitrogens with one attached hydrogen (secondary N) is 1. The van der Waals surface area contributed by atoms with Gasteiger partial charge in [0.25, 0.3) is 0 Å². The highest BCUT2D eigenvalue weighted by molar-refractivity contribution is 5.17. The Kier molecular flexibility index (Phi) is 7.72. The summed E-state index contributed by atoms with van der Waals surface area (Å²) in [7, 11) is 0. The normalized spacial score (nSPS) is 16.0. The van der Waals surface area contributed by atoms with Gasteiger partial charge in [0, 0.05) is 12.6 Å². The van der Waals surface area contributed by atoms with E-state index in [1.807, 2.05) is 18.2 Å². The Labute approximate surface area is 117 Å². The van der Waals surface area contributed by atoms with Crippen LogP contribution in [0.25, 0.3) is 0 Å². The van der Waals surface area contributed by atoms with Crippen molar-refractivity contribution in [2.45, 2.75) is 51.9 Å². The van der Waals surface area contributed by atoms with Gasteiger partial charge in [-0.05, 0) is 25.3 Å². The Bertz CT molecular complexity index is 329. The Hall–Kier alpha value is -0.900. The Morgan fingerprint density at radius 3 is 2.42 bits per heavy atom. The van der Waals surface area contributed by atoms with Crippen LogP contribution in [0.5, 0.6) is 0 Å². The van der Waals surface area contributed by atoms with Crippen LogP contribution in [-0.2, 0) is 4.74 Å². The van der Waals surface area contributed by atoms with E-state index in [1.54, 1.807) is 0 Å². The molecule has 0 aromatic heterocycles. The first-order valence-electron chi connectivity index (χ1n) is 7.25. The molecule has 108 valence electrons. The third kappa shape index (κ3) is 6.19. The van der Waals surface area contributed by atoms with Crippen molar-refractivity contribution in [1.82, 2.24) is 5.32 Å². The maximum Gasteiger partial charge on any atom is 0.0898 e. The summed E-state index contributed by atoms with van der Waals surface area (Å²) in [6, 6.07) is 10.6. The molecule has 0 spiro atoms. The highest BCUT2D eigenvalue weighted by Crippen LogP contribution is 2.20. The molecule has 1 aromatic rings. The summed E-state index contributed by atoms with van der Waals surface area (Å²) in [6.07, 6.45) is 1.59. The predicted molar refractivity (Wildman–Crippen MR) is 79.2 cm³/mol. The van der Waals surface area contributed by atoms with E-state index in [2.05, 4.69) is 38.2 Å². The molecule has 0 unspecified atom stereocenters. The summed E-state index contributed by atoms with van der Waals surface area (Å²) in [4.78, 5) is 0. The molecule has 0 saturated carbocycles. The van der Waals surface area contributed by atoms with Gasteiger partial charge in [0.15, 0.2) is 0 Å². The van der Waals surface area contributed by atoms with Crippen LogP contribution in [0.1, 0.15) is 45.3 Å². The van der Waals surface area contributed by atoms with E-state index < -0.39 is 6.10 Å². The number of aliphatic hydroxyl groups is 1. The van der Waals surface area contributed by atoms with Crippen LogP contribution in [0.2, 0.25) is 0 Å². The van der Waals surface area contributed by atoms with E-state index >= 15 is 0 Å². The fraction of sp³-hybridized carbons (Fsp3) is 0.625. The highest BCUT2D eigenvalue weighted by Gasteiger charge is 2.12. The molecule has 2 N–H and O–H groups in total. The van der Waals surface area contributed by atoms with Gasteiger partial charge in [-0.15, -0.1) is 0 Å². The molecule has 0 bridgehead atoms. The second kappa shape index (κ2) is 9.08. The molecule has 3 heteroatoms. The summed E-state index contributed by atoms with van der Waals surface area (Å²) in [6.45, 7) is 7.30. The van der Waals surface area contributed by atoms with Gasteiger partial charge in [0.1, 0.15) is 0 Å². The molecule has 0 amide bonds. The molecule has 0 heterocycles. The second-order valence-corrected chi connectivity index (χ2v) is 5.01. The molecule has 3 atom stereocenters. The van der Waals surface area contributed by atoms with E-state index in [0.717, 1.165) is 12.8 Å². The largest absolute Gasteiger partial charge is 0.389 e. The molecule has 0 aliphatic heterocycles. The third-order valence-electron chi connectivity index (χ3n) is 3.35. The summed E-state index contributed by atoms with van der Waals surface area (Å²) in [5, 5.41) is 13.2. The summed E-state index contributed by atoms with van der Waals surface area (Å²) in [5.74, 6) is 0. The van der Waals surface area contributed by atoms with Crippen molar-refractivity contribution in [2.75, 3.05) is 13.2 Å². The zero-order valence-electron chi connectivity index (χ0n) is 12.3. The third-order valence-corrected chi connectivity index (χ3v) is 3.35. The topological polar surface area (TPSA) is 41.5 Å². The molecule has 1 aromatic carbocycles. The average molecular weight is 265 g/mol. The van der Waals surface area contributed by atoms with Gasteiger partial charge >= 0.3 is 0 Å². The van der Waals surface area contributed by atoms with Crippen LogP contribution >= 0.6 is 0 Å². The minimum absolute atomic E-state index is 0.0689. The van der Waals surface area contributed by atoms with Crippen molar-refractivity contribution in [3.63, 3.8) is 0 Å². The van der Waals surface area contributed by atoms with Crippen molar-refractivity contribution >= 4 is 0 Å². The van der Waals surface area contributed by atoms with Crippen LogP contribution in [0, 0.1) is 0 Å². The summed E-state index contributed by atoms with van der Waals surface area (Å²) >= 11 is 0. The lowest BCUT2D eigenvalue weighted by Crippen LogP contribution is -2.35. The molecule has 3 nitrogen and oxygen atoms in total. The van der Waals surface area contributed by atoms with Gasteiger partial charge in [-0.3, -0.25) is 0 Å². The number of hydrogen-bond acceptors (Lipinski definition) is 3. The van der Waals surface area contributed by atoms with Crippen molar-refractivity contribution in [1.29, 1.82) is 0 Å². The second-order valence-electron chi connectivity index (χ2n) is 5.01. The SMILES string of the molecule is CC[C@H](OC[C@H](O)CN[C@@H](C)CC)c1ccccc1. The number of aliphatic hydroxyl groups excluding tert-OH is 1. The number of benzene rings is 1. The summed E-state index contributed by atoms with van der Waals surface area (Å²) < 4.78 is 5.82. The molecule has 0 saturated heterocycles. The van der Waals surface area contributed by atoms with Crippen LogP contribution in [0.4, 0.5) is 0 Å². The first-order chi connectivity index (χ1) is 9.17. The van der Waals surface area contributed by atoms with E-state index in [9.17, 15) is 5.11 Å². The zero-order valence-corrected chi connectivity index (χ0v) is 12.3. The summed E-state index contributed by atoms with van der Waals surface area (Å²) in [5.41, 5.74) is 1.17. The number of rotatable bonds is 9. The fourth-order valence-electron chi connectivity index (χ4n) is 1.89. The maximum atomic E-state index is 9.90. The molecule has 1 rings (SSSR count). The highest BCUT2D eigenvalue weighted by atomic mass is 16.5. The molecule has 0 radical (unpaired) electrons. The minimum atomic E-state index is -0.452.